The Hall–Kier alpha value is -12.3. The number of benzene rings is 15. The number of hydrogen-bond donors (Lipinski definition) is 0. The Balaban J connectivity index is 0.000000828. The van der Waals surface area contributed by atoms with Crippen LogP contribution in [-0.2, 0) is 0 Å². The van der Waals surface area contributed by atoms with Crippen molar-refractivity contribution in [2.24, 2.45) is 0 Å². The van der Waals surface area contributed by atoms with Crippen LogP contribution < -0.4 is 0 Å². The molecular weight excluding hydrogens is 1520 g/mol. The van der Waals surface area contributed by atoms with Gasteiger partial charge in [0.1, 0.15) is 0 Å². The van der Waals surface area contributed by atoms with E-state index in [9.17, 15) is 0 Å². The lowest BCUT2D eigenvalue weighted by Gasteiger charge is -2.12. The lowest BCUT2D eigenvalue weighted by Crippen LogP contribution is -1.94. The lowest BCUT2D eigenvalue weighted by atomic mass is 9.95. The Morgan fingerprint density at radius 3 is 0.405 bits per heavy atom. The van der Waals surface area contributed by atoms with E-state index in [4.69, 9.17) is 0 Å². The summed E-state index contributed by atoms with van der Waals surface area (Å²) in [6.07, 6.45) is 0. The van der Waals surface area contributed by atoms with Crippen LogP contribution in [0.25, 0.3) is 149 Å². The van der Waals surface area contributed by atoms with Gasteiger partial charge in [0.25, 0.3) is 0 Å². The van der Waals surface area contributed by atoms with Crippen molar-refractivity contribution in [3.05, 3.63) is 381 Å². The van der Waals surface area contributed by atoms with Gasteiger partial charge in [0.05, 0.1) is 33.1 Å². The molecule has 3 heterocycles. The maximum absolute atomic E-state index is 2.38. The molecule has 0 N–H and O–H groups in total. The summed E-state index contributed by atoms with van der Waals surface area (Å²) in [6.45, 7) is 66.4. The van der Waals surface area contributed by atoms with Crippen molar-refractivity contribution in [3.8, 4) is 83.8 Å². The Morgan fingerprint density at radius 1 is 0.119 bits per heavy atom. The van der Waals surface area contributed by atoms with Crippen LogP contribution in [0.5, 0.6) is 0 Å². The number of rotatable bonds is 9. The van der Waals surface area contributed by atoms with Crippen molar-refractivity contribution < 1.29 is 0 Å². The highest BCUT2D eigenvalue weighted by atomic mass is 15.0. The zero-order chi connectivity index (χ0) is 94.5. The van der Waals surface area contributed by atoms with Crippen LogP contribution in [0, 0.1) is 20.8 Å². The molecule has 3 nitrogen and oxygen atoms in total. The molecule has 3 heteroatoms. The van der Waals surface area contributed by atoms with Crippen LogP contribution in [-0.4, -0.2) is 13.7 Å². The molecule has 0 saturated heterocycles. The van der Waals surface area contributed by atoms with Crippen LogP contribution in [0.4, 0.5) is 0 Å². The molecule has 0 bridgehead atoms. The van der Waals surface area contributed by atoms with E-state index in [0.29, 0.717) is 0 Å². The second-order valence-corrected chi connectivity index (χ2v) is 25.1. The summed E-state index contributed by atoms with van der Waals surface area (Å²) in [4.78, 5) is 0. The predicted octanol–water partition coefficient (Wildman–Crippen LogP) is 40.7. The molecule has 0 aliphatic carbocycles. The molecule has 3 aromatic heterocycles. The number of hydrogen-bond acceptors (Lipinski definition) is 0. The zero-order valence-corrected chi connectivity index (χ0v) is 84.0. The van der Waals surface area contributed by atoms with Gasteiger partial charge in [-0.2, -0.15) is 0 Å². The van der Waals surface area contributed by atoms with Crippen LogP contribution in [0.2, 0.25) is 0 Å². The minimum atomic E-state index is 1.17. The molecular formula is C123H159N3. The number of fused-ring (bicyclic) bond motifs is 9. The maximum atomic E-state index is 2.38. The summed E-state index contributed by atoms with van der Waals surface area (Å²) in [6, 6.07) is 131. The average molecular weight is 1680 g/mol. The van der Waals surface area contributed by atoms with Crippen molar-refractivity contribution in [3.63, 3.8) is 0 Å². The van der Waals surface area contributed by atoms with Crippen LogP contribution >= 0.6 is 0 Å². The van der Waals surface area contributed by atoms with Crippen molar-refractivity contribution in [1.82, 2.24) is 13.7 Å². The standard InChI is InChI=1S/C37H27N.C31H23N.C25H19N.15C2H6/c1-26-10-6-11-27(22-26)28-12-7-13-29(23-28)30-14-8-15-31(24-30)32-16-9-17-33(25-32)38-36-20-4-2-18-34(36)35-19-3-5-21-37(35)38;1-22-9-6-10-23(19-22)24-11-7-12-25(20-24)26-13-8-14-27(21-26)32-30-17-4-2-15-28(30)29-16-3-5-18-31(29)32;1-18-8-6-9-19(16-18)20-10-7-11-21(17-20)26-24-14-4-2-12-22(24)23-13-3-5-15-25(23)26;15*1-2/h2-25H,1H3;2-21H,1H3;2-17H,1H3;15*1-2H3. The van der Waals surface area contributed by atoms with E-state index in [0.717, 1.165) is 0 Å². The Bertz CT molecular complexity index is 5750. The van der Waals surface area contributed by atoms with Gasteiger partial charge in [-0.05, 0) is 179 Å². The fraction of sp³-hybridized carbons (Fsp3) is 0.268. The van der Waals surface area contributed by atoms with Gasteiger partial charge in [-0.25, -0.2) is 0 Å². The first-order valence-corrected chi connectivity index (χ1v) is 48.1. The summed E-state index contributed by atoms with van der Waals surface area (Å²) in [5.74, 6) is 0. The molecule has 126 heavy (non-hydrogen) atoms. The van der Waals surface area contributed by atoms with Gasteiger partial charge in [0.15, 0.2) is 0 Å². The van der Waals surface area contributed by atoms with Gasteiger partial charge in [-0.15, -0.1) is 0 Å². The smallest absolute Gasteiger partial charge is 0.0541 e. The minimum absolute atomic E-state index is 1.17. The molecule has 666 valence electrons. The number of aryl methyl sites for hydroxylation is 3. The molecule has 0 spiro atoms. The molecule has 0 aliphatic heterocycles. The van der Waals surface area contributed by atoms with E-state index >= 15 is 0 Å². The number of aromatic nitrogens is 3. The summed E-state index contributed by atoms with van der Waals surface area (Å²) < 4.78 is 7.12. The van der Waals surface area contributed by atoms with Gasteiger partial charge < -0.3 is 13.7 Å². The zero-order valence-electron chi connectivity index (χ0n) is 84.0. The van der Waals surface area contributed by atoms with E-state index in [1.54, 1.807) is 0 Å². The summed E-state index contributed by atoms with van der Waals surface area (Å²) in [7, 11) is 0. The second-order valence-electron chi connectivity index (χ2n) is 25.1. The first kappa shape index (κ1) is 112. The van der Waals surface area contributed by atoms with E-state index in [2.05, 4.69) is 398 Å². The second kappa shape index (κ2) is 65.3. The topological polar surface area (TPSA) is 14.8 Å². The minimum Gasteiger partial charge on any atom is -0.309 e. The molecule has 0 aliphatic rings. The fourth-order valence-electron chi connectivity index (χ4n) is 14.2. The third kappa shape index (κ3) is 29.4. The molecule has 0 saturated carbocycles. The monoisotopic (exact) mass is 1680 g/mol. The quantitative estimate of drug-likeness (QED) is 0.137. The molecule has 18 rings (SSSR count). The maximum Gasteiger partial charge on any atom is 0.0541 e. The van der Waals surface area contributed by atoms with E-state index in [-0.39, 0.29) is 0 Å². The normalized spacial score (nSPS) is 9.31. The van der Waals surface area contributed by atoms with E-state index < -0.39 is 0 Å². The van der Waals surface area contributed by atoms with Gasteiger partial charge in [-0.3, -0.25) is 0 Å². The van der Waals surface area contributed by atoms with E-state index in [1.807, 2.05) is 208 Å². The van der Waals surface area contributed by atoms with Crippen molar-refractivity contribution in [2.75, 3.05) is 0 Å². The first-order chi connectivity index (χ1) is 62.3. The predicted molar refractivity (Wildman–Crippen MR) is 579 cm³/mol. The Morgan fingerprint density at radius 2 is 0.246 bits per heavy atom. The molecule has 18 aromatic rings. The average Bonchev–Trinajstić information content (AvgIpc) is 1.61. The van der Waals surface area contributed by atoms with Gasteiger partial charge in [-0.1, -0.05) is 497 Å². The van der Waals surface area contributed by atoms with Crippen LogP contribution in [0.15, 0.2) is 364 Å². The lowest BCUT2D eigenvalue weighted by molar-refractivity contribution is 1.18. The van der Waals surface area contributed by atoms with Crippen LogP contribution in [0.1, 0.15) is 224 Å². The highest BCUT2D eigenvalue weighted by Crippen LogP contribution is 2.39. The highest BCUT2D eigenvalue weighted by molar-refractivity contribution is 6.11. The van der Waals surface area contributed by atoms with Gasteiger partial charge in [0, 0.05) is 49.4 Å². The van der Waals surface area contributed by atoms with Gasteiger partial charge >= 0.3 is 0 Å². The largest absolute Gasteiger partial charge is 0.309 e. The third-order valence-corrected chi connectivity index (χ3v) is 18.7. The molecule has 15 aromatic carbocycles. The highest BCUT2D eigenvalue weighted by Gasteiger charge is 2.17. The summed E-state index contributed by atoms with van der Waals surface area (Å²) in [5.41, 5.74) is 29.6. The number of para-hydroxylation sites is 6. The molecule has 0 unspecified atom stereocenters. The Kier molecular flexibility index (Phi) is 57.9. The van der Waals surface area contributed by atoms with E-state index in [1.165, 1.54) is 166 Å². The molecule has 0 fully saturated rings. The number of nitrogens with zero attached hydrogens (tertiary/aromatic N) is 3. The Labute approximate surface area is 767 Å². The fourth-order valence-corrected chi connectivity index (χ4v) is 14.2. The van der Waals surface area contributed by atoms with Crippen molar-refractivity contribution in [2.45, 2.75) is 228 Å². The summed E-state index contributed by atoms with van der Waals surface area (Å²) in [5, 5.41) is 7.73. The SMILES string of the molecule is CC.CC.CC.CC.CC.CC.CC.CC.CC.CC.CC.CC.CC.CC.CC.Cc1cccc(-c2cccc(-c3cccc(-c4cccc(-n5c6ccccc6c6ccccc65)c4)c3)c2)c1.Cc1cccc(-c2cccc(-c3cccc(-n4c5ccccc5c5ccccc54)c3)c2)c1.Cc1cccc(-c2cccc(-n3c4ccccc4c4ccccc43)c2)c1. The summed E-state index contributed by atoms with van der Waals surface area (Å²) >= 11 is 0. The molecule has 0 amide bonds. The molecule has 0 radical (unpaired) electrons. The van der Waals surface area contributed by atoms with Gasteiger partial charge in [0.2, 0.25) is 0 Å². The van der Waals surface area contributed by atoms with Crippen molar-refractivity contribution in [1.29, 1.82) is 0 Å². The third-order valence-electron chi connectivity index (χ3n) is 18.7. The first-order valence-electron chi connectivity index (χ1n) is 48.1. The van der Waals surface area contributed by atoms with Crippen LogP contribution in [0.3, 0.4) is 0 Å². The molecule has 0 atom stereocenters. The van der Waals surface area contributed by atoms with Crippen molar-refractivity contribution >= 4 is 65.4 Å².